The van der Waals surface area contributed by atoms with Crippen LogP contribution in [0, 0.1) is 0 Å². The van der Waals surface area contributed by atoms with Crippen molar-refractivity contribution in [3.05, 3.63) is 0 Å². The lowest BCUT2D eigenvalue weighted by Crippen LogP contribution is -2.31. The first kappa shape index (κ1) is 12.5. The third-order valence-electron chi connectivity index (χ3n) is 1.02. The Kier molecular flexibility index (Phi) is 6.41. The summed E-state index contributed by atoms with van der Waals surface area (Å²) in [6.45, 7) is 0. The van der Waals surface area contributed by atoms with Crippen molar-refractivity contribution in [2.75, 3.05) is 0 Å². The quantitative estimate of drug-likeness (QED) is 0.435. The van der Waals surface area contributed by atoms with Crippen molar-refractivity contribution in [2.24, 2.45) is 11.5 Å². The monoisotopic (exact) mass is 164 g/mol. The summed E-state index contributed by atoms with van der Waals surface area (Å²) < 4.78 is 0. The second-order valence-corrected chi connectivity index (χ2v) is 1.95. The molecule has 11 heavy (non-hydrogen) atoms. The second kappa shape index (κ2) is 5.63. The molecule has 1 atom stereocenters. The Morgan fingerprint density at radius 1 is 1.45 bits per heavy atom. The number of hydrogen-bond donors (Lipinski definition) is 3. The van der Waals surface area contributed by atoms with Crippen LogP contribution in [-0.2, 0) is 9.59 Å². The molecular weight excluding hydrogens is 152 g/mol. The number of aliphatic carboxylic acids is 1. The van der Waals surface area contributed by atoms with Gasteiger partial charge in [-0.05, 0) is 6.42 Å². The third-order valence-corrected chi connectivity index (χ3v) is 1.02. The minimum absolute atomic E-state index is 0. The molecule has 0 aliphatic heterocycles. The highest BCUT2D eigenvalue weighted by molar-refractivity contribution is 5.76. The summed E-state index contributed by atoms with van der Waals surface area (Å²) >= 11 is 0. The average Bonchev–Trinajstić information content (AvgIpc) is 1.82. The van der Waals surface area contributed by atoms with E-state index in [4.69, 9.17) is 16.6 Å². The van der Waals surface area contributed by atoms with Crippen LogP contribution in [0.4, 0.5) is 0 Å². The van der Waals surface area contributed by atoms with E-state index in [0.29, 0.717) is 0 Å². The summed E-state index contributed by atoms with van der Waals surface area (Å²) in [7, 11) is 0. The molecule has 6 heteroatoms. The fraction of sp³-hybridized carbons (Fsp3) is 0.600. The maximum absolute atomic E-state index is 10.1. The van der Waals surface area contributed by atoms with Gasteiger partial charge in [-0.3, -0.25) is 9.59 Å². The molecule has 0 aliphatic rings. The number of nitrogens with two attached hydrogens (primary N) is 2. The van der Waals surface area contributed by atoms with Gasteiger partial charge in [-0.2, -0.15) is 0 Å². The minimum Gasteiger partial charge on any atom is -0.480 e. The normalized spacial score (nSPS) is 11.4. The number of primary amides is 1. The highest BCUT2D eigenvalue weighted by atomic mass is 16.4. The molecule has 1 unspecified atom stereocenters. The molecule has 0 saturated heterocycles. The van der Waals surface area contributed by atoms with Crippen molar-refractivity contribution in [1.29, 1.82) is 0 Å². The number of amides is 1. The number of carbonyl (C=O) groups is 2. The second-order valence-electron chi connectivity index (χ2n) is 1.95. The van der Waals surface area contributed by atoms with E-state index in [9.17, 15) is 9.59 Å². The fourth-order valence-electron chi connectivity index (χ4n) is 0.421. The molecule has 0 heterocycles. The smallest absolute Gasteiger partial charge is 0.320 e. The lowest BCUT2D eigenvalue weighted by molar-refractivity contribution is -0.138. The van der Waals surface area contributed by atoms with Crippen LogP contribution in [0.15, 0.2) is 0 Å². The van der Waals surface area contributed by atoms with Crippen molar-refractivity contribution >= 4 is 11.9 Å². The Labute approximate surface area is 63.5 Å². The van der Waals surface area contributed by atoms with Gasteiger partial charge in [0, 0.05) is 6.42 Å². The molecule has 0 aromatic heterocycles. The molecule has 0 spiro atoms. The highest BCUT2D eigenvalue weighted by Crippen LogP contribution is 1.92. The molecular formula is C5H12N2O4. The van der Waals surface area contributed by atoms with Gasteiger partial charge in [0.15, 0.2) is 0 Å². The van der Waals surface area contributed by atoms with Gasteiger partial charge in [0.1, 0.15) is 6.04 Å². The van der Waals surface area contributed by atoms with E-state index < -0.39 is 17.9 Å². The van der Waals surface area contributed by atoms with Crippen LogP contribution in [0.3, 0.4) is 0 Å². The molecule has 0 saturated carbocycles. The average molecular weight is 164 g/mol. The van der Waals surface area contributed by atoms with Crippen LogP contribution >= 0.6 is 0 Å². The molecule has 6 nitrogen and oxygen atoms in total. The SMILES string of the molecule is NC(=O)CCC(N)C(=O)O.O. The third kappa shape index (κ3) is 6.75. The molecule has 0 bridgehead atoms. The molecule has 66 valence electrons. The van der Waals surface area contributed by atoms with Crippen molar-refractivity contribution in [1.82, 2.24) is 0 Å². The lowest BCUT2D eigenvalue weighted by Gasteiger charge is -2.01. The predicted molar refractivity (Wildman–Crippen MR) is 37.7 cm³/mol. The van der Waals surface area contributed by atoms with Crippen molar-refractivity contribution in [3.63, 3.8) is 0 Å². The Balaban J connectivity index is 0. The summed E-state index contributed by atoms with van der Waals surface area (Å²) in [5.41, 5.74) is 9.81. The summed E-state index contributed by atoms with van der Waals surface area (Å²) in [4.78, 5) is 20.1. The zero-order valence-electron chi connectivity index (χ0n) is 5.91. The van der Waals surface area contributed by atoms with Crippen molar-refractivity contribution in [2.45, 2.75) is 18.9 Å². The Hall–Kier alpha value is -1.14. The number of carboxylic acid groups (broad SMARTS) is 1. The van der Waals surface area contributed by atoms with Gasteiger partial charge in [0.2, 0.25) is 5.91 Å². The number of carbonyl (C=O) groups excluding carboxylic acids is 1. The predicted octanol–water partition coefficient (Wildman–Crippen LogP) is -2.16. The summed E-state index contributed by atoms with van der Waals surface area (Å²) in [5.74, 6) is -1.64. The van der Waals surface area contributed by atoms with Gasteiger partial charge in [-0.25, -0.2) is 0 Å². The molecule has 1 amide bonds. The standard InChI is InChI=1S/C5H10N2O3.H2O/c6-3(5(9)10)1-2-4(7)8;/h3H,1-2,6H2,(H2,7,8)(H,9,10);1H2. The summed E-state index contributed by atoms with van der Waals surface area (Å²) in [5, 5.41) is 8.22. The number of rotatable bonds is 4. The molecule has 0 rings (SSSR count). The number of carboxylic acids is 1. The van der Waals surface area contributed by atoms with E-state index in [1.165, 1.54) is 0 Å². The largest absolute Gasteiger partial charge is 0.480 e. The van der Waals surface area contributed by atoms with Crippen LogP contribution in [0.1, 0.15) is 12.8 Å². The maximum atomic E-state index is 10.1. The van der Waals surface area contributed by atoms with E-state index in [2.05, 4.69) is 0 Å². The molecule has 0 aromatic rings. The maximum Gasteiger partial charge on any atom is 0.320 e. The van der Waals surface area contributed by atoms with Gasteiger partial charge in [-0.15, -0.1) is 0 Å². The van der Waals surface area contributed by atoms with Crippen molar-refractivity contribution in [3.8, 4) is 0 Å². The van der Waals surface area contributed by atoms with Gasteiger partial charge in [0.05, 0.1) is 0 Å². The van der Waals surface area contributed by atoms with E-state index >= 15 is 0 Å². The highest BCUT2D eigenvalue weighted by Gasteiger charge is 2.11. The van der Waals surface area contributed by atoms with Crippen molar-refractivity contribution < 1.29 is 20.2 Å². The molecule has 0 radical (unpaired) electrons. The Morgan fingerprint density at radius 2 is 1.91 bits per heavy atom. The van der Waals surface area contributed by atoms with Gasteiger partial charge in [0.25, 0.3) is 0 Å². The zero-order chi connectivity index (χ0) is 8.15. The van der Waals surface area contributed by atoms with E-state index in [1.54, 1.807) is 0 Å². The fourth-order valence-corrected chi connectivity index (χ4v) is 0.421. The lowest BCUT2D eigenvalue weighted by atomic mass is 10.2. The zero-order valence-corrected chi connectivity index (χ0v) is 5.91. The van der Waals surface area contributed by atoms with E-state index in [-0.39, 0.29) is 18.3 Å². The van der Waals surface area contributed by atoms with Crippen LogP contribution < -0.4 is 11.5 Å². The van der Waals surface area contributed by atoms with Gasteiger partial charge in [-0.1, -0.05) is 0 Å². The van der Waals surface area contributed by atoms with E-state index in [0.717, 1.165) is 0 Å². The first-order valence-electron chi connectivity index (χ1n) is 2.80. The summed E-state index contributed by atoms with van der Waals surface area (Å²) in [6, 6.07) is -0.979. The van der Waals surface area contributed by atoms with Crippen LogP contribution in [-0.4, -0.2) is 28.5 Å². The van der Waals surface area contributed by atoms with Gasteiger partial charge < -0.3 is 22.1 Å². The Morgan fingerprint density at radius 3 is 2.18 bits per heavy atom. The van der Waals surface area contributed by atoms with E-state index in [1.807, 2.05) is 0 Å². The number of hydrogen-bond acceptors (Lipinski definition) is 3. The van der Waals surface area contributed by atoms with Crippen LogP contribution in [0.5, 0.6) is 0 Å². The first-order valence-corrected chi connectivity index (χ1v) is 2.80. The topological polar surface area (TPSA) is 138 Å². The molecule has 0 aliphatic carbocycles. The Bertz CT molecular complexity index is 147. The molecule has 0 aromatic carbocycles. The molecule has 0 fully saturated rings. The minimum atomic E-state index is -1.11. The van der Waals surface area contributed by atoms with Crippen LogP contribution in [0.2, 0.25) is 0 Å². The van der Waals surface area contributed by atoms with Gasteiger partial charge >= 0.3 is 5.97 Å². The molecule has 7 N–H and O–H groups in total. The first-order chi connectivity index (χ1) is 4.54. The summed E-state index contributed by atoms with van der Waals surface area (Å²) in [6.07, 6.45) is 0.123. The van der Waals surface area contributed by atoms with Crippen LogP contribution in [0.25, 0.3) is 0 Å².